The van der Waals surface area contributed by atoms with Crippen molar-refractivity contribution in [2.45, 2.75) is 20.8 Å². The van der Waals surface area contributed by atoms with Crippen molar-refractivity contribution < 1.29 is 32.1 Å². The zero-order valence-electron chi connectivity index (χ0n) is 23.1. The van der Waals surface area contributed by atoms with Crippen LogP contribution in [0.5, 0.6) is 11.5 Å². The number of fused-ring (bicyclic) bond motifs is 1. The number of aromatic hydroxyl groups is 2. The molecule has 215 valence electrons. The van der Waals surface area contributed by atoms with Gasteiger partial charge in [-0.3, -0.25) is 4.79 Å². The molecule has 1 radical (unpaired) electrons. The Labute approximate surface area is 253 Å². The smallest absolute Gasteiger partial charge is 0.221 e. The number of phenolic OH excluding ortho intramolecular Hbond substituents is 2. The maximum atomic E-state index is 11.9. The van der Waals surface area contributed by atoms with E-state index in [1.807, 2.05) is 92.7 Å². The Balaban J connectivity index is 0.00000405. The zero-order valence-corrected chi connectivity index (χ0v) is 24.0. The zero-order chi connectivity index (χ0) is 28.9. The third-order valence-electron chi connectivity index (χ3n) is 6.31. The van der Waals surface area contributed by atoms with E-state index in [9.17, 15) is 15.0 Å². The fourth-order valence-corrected chi connectivity index (χ4v) is 4.25. The molecule has 0 saturated carbocycles. The van der Waals surface area contributed by atoms with Crippen LogP contribution >= 0.6 is 0 Å². The van der Waals surface area contributed by atoms with Gasteiger partial charge in [-0.25, -0.2) is 0 Å². The van der Waals surface area contributed by atoms with Crippen LogP contribution in [0.3, 0.4) is 0 Å². The van der Waals surface area contributed by atoms with Gasteiger partial charge in [0, 0.05) is 46.8 Å². The van der Waals surface area contributed by atoms with Crippen LogP contribution in [0.25, 0.3) is 10.8 Å². The summed E-state index contributed by atoms with van der Waals surface area (Å²) in [5.74, 6) is -0.565. The van der Waals surface area contributed by atoms with Gasteiger partial charge in [-0.1, -0.05) is 35.9 Å². The van der Waals surface area contributed by atoms with Crippen LogP contribution in [0.4, 0.5) is 39.8 Å². The number of phenols is 2. The van der Waals surface area contributed by atoms with Crippen molar-refractivity contribution in [2.75, 3.05) is 10.6 Å². The van der Waals surface area contributed by atoms with Crippen LogP contribution in [0.15, 0.2) is 111 Å². The van der Waals surface area contributed by atoms with Crippen molar-refractivity contribution >= 4 is 56.5 Å². The topological polar surface area (TPSA) is 131 Å². The summed E-state index contributed by atoms with van der Waals surface area (Å²) in [6, 6.07) is 27.6. The molecule has 4 N–H and O–H groups in total. The van der Waals surface area contributed by atoms with Gasteiger partial charge in [0.2, 0.25) is 5.91 Å². The molecule has 0 heterocycles. The maximum Gasteiger partial charge on any atom is 0.221 e. The normalized spacial score (nSPS) is 11.1. The summed E-state index contributed by atoms with van der Waals surface area (Å²) in [6.07, 6.45) is 0. The van der Waals surface area contributed by atoms with E-state index >= 15 is 0 Å². The van der Waals surface area contributed by atoms with Gasteiger partial charge < -0.3 is 20.8 Å². The molecular formula is C32H28CuN6O3. The van der Waals surface area contributed by atoms with Crippen LogP contribution in [-0.4, -0.2) is 16.1 Å². The molecule has 0 saturated heterocycles. The quantitative estimate of drug-likeness (QED) is 0.0833. The molecule has 0 aliphatic rings. The van der Waals surface area contributed by atoms with Crippen LogP contribution in [0, 0.1) is 13.8 Å². The Morgan fingerprint density at radius 2 is 1.45 bits per heavy atom. The first-order valence-electron chi connectivity index (χ1n) is 12.9. The van der Waals surface area contributed by atoms with Crippen molar-refractivity contribution in [1.82, 2.24) is 0 Å². The third-order valence-corrected chi connectivity index (χ3v) is 6.31. The van der Waals surface area contributed by atoms with E-state index < -0.39 is 0 Å². The number of carbonyl (C=O) groups is 1. The number of nitrogens with zero attached hydrogens (tertiary/aromatic N) is 4. The predicted octanol–water partition coefficient (Wildman–Crippen LogP) is 9.40. The summed E-state index contributed by atoms with van der Waals surface area (Å²) in [5, 5.41) is 46.1. The number of anilines is 3. The van der Waals surface area contributed by atoms with E-state index in [0.717, 1.165) is 22.3 Å². The molecule has 10 heteroatoms. The second-order valence-electron chi connectivity index (χ2n) is 9.59. The SMILES string of the molecule is CC(=O)Nc1cc(N=Nc2c(C)cc3cc(Nc4ccccc4)ccc3c2O)c(O)cc1N=Nc1ccc(C)cc1.[Cu]. The minimum absolute atomic E-state index is 0. The Bertz CT molecular complexity index is 1810. The number of benzene rings is 5. The first-order valence-corrected chi connectivity index (χ1v) is 12.9. The Hall–Kier alpha value is -5.05. The van der Waals surface area contributed by atoms with E-state index in [1.54, 1.807) is 0 Å². The predicted molar refractivity (Wildman–Crippen MR) is 162 cm³/mol. The van der Waals surface area contributed by atoms with E-state index in [1.165, 1.54) is 19.1 Å². The van der Waals surface area contributed by atoms with Crippen LogP contribution in [-0.2, 0) is 21.9 Å². The van der Waals surface area contributed by atoms with Crippen molar-refractivity contribution in [3.63, 3.8) is 0 Å². The third kappa shape index (κ3) is 6.98. The number of rotatable bonds is 7. The van der Waals surface area contributed by atoms with E-state index in [-0.39, 0.29) is 51.5 Å². The number of hydrogen-bond acceptors (Lipinski definition) is 8. The van der Waals surface area contributed by atoms with Gasteiger partial charge in [-0.2, -0.15) is 5.11 Å². The van der Waals surface area contributed by atoms with Gasteiger partial charge in [-0.15, -0.1) is 15.3 Å². The van der Waals surface area contributed by atoms with E-state index in [0.29, 0.717) is 22.3 Å². The fourth-order valence-electron chi connectivity index (χ4n) is 4.25. The first kappa shape index (κ1) is 29.9. The number of hydrogen-bond donors (Lipinski definition) is 4. The molecule has 5 aromatic rings. The summed E-state index contributed by atoms with van der Waals surface area (Å²) in [6.45, 7) is 5.16. The van der Waals surface area contributed by atoms with Gasteiger partial charge in [0.25, 0.3) is 0 Å². The average Bonchev–Trinajstić information content (AvgIpc) is 2.94. The Morgan fingerprint density at radius 1 is 0.738 bits per heavy atom. The molecule has 0 fully saturated rings. The molecule has 5 aromatic carbocycles. The summed E-state index contributed by atoms with van der Waals surface area (Å²) < 4.78 is 0. The van der Waals surface area contributed by atoms with Gasteiger partial charge in [-0.05, 0) is 79.4 Å². The maximum absolute atomic E-state index is 11.9. The van der Waals surface area contributed by atoms with Crippen molar-refractivity contribution in [3.05, 3.63) is 102 Å². The molecule has 0 aliphatic heterocycles. The number of azo groups is 2. The molecule has 0 aliphatic carbocycles. The van der Waals surface area contributed by atoms with Crippen LogP contribution in [0.1, 0.15) is 18.1 Å². The molecule has 0 atom stereocenters. The minimum Gasteiger partial charge on any atom is -0.506 e. The molecular weight excluding hydrogens is 580 g/mol. The summed E-state index contributed by atoms with van der Waals surface area (Å²) in [5.41, 5.74) is 5.16. The minimum atomic E-state index is -0.325. The van der Waals surface area contributed by atoms with Crippen molar-refractivity contribution in [3.8, 4) is 11.5 Å². The molecule has 1 amide bonds. The number of aryl methyl sites for hydroxylation is 2. The monoisotopic (exact) mass is 607 g/mol. The van der Waals surface area contributed by atoms with Gasteiger partial charge in [0.05, 0.1) is 11.4 Å². The number of carbonyl (C=O) groups excluding carboxylic acids is 1. The Kier molecular flexibility index (Phi) is 9.32. The van der Waals surface area contributed by atoms with Gasteiger partial charge >= 0.3 is 0 Å². The molecule has 9 nitrogen and oxygen atoms in total. The van der Waals surface area contributed by atoms with Crippen LogP contribution in [0.2, 0.25) is 0 Å². The second kappa shape index (κ2) is 13.1. The largest absolute Gasteiger partial charge is 0.506 e. The van der Waals surface area contributed by atoms with Crippen molar-refractivity contribution in [1.29, 1.82) is 0 Å². The Morgan fingerprint density at radius 3 is 2.17 bits per heavy atom. The number of para-hydroxylation sites is 1. The standard InChI is InChI=1S/C32H28N6O3.Cu/c1-19-9-11-24(12-10-19)35-36-28-18-30(40)29(17-27(28)33-21(3)39)37-38-31-20(2)15-22-16-25(13-14-26(22)32(31)41)34-23-7-5-4-6-8-23;/h4-18,34,40-41H,1-3H3,(H,33,39);. The second-order valence-corrected chi connectivity index (χ2v) is 9.59. The molecule has 0 bridgehead atoms. The van der Waals surface area contributed by atoms with Gasteiger partial charge in [0.1, 0.15) is 22.8 Å². The number of nitrogens with one attached hydrogen (secondary N) is 2. The van der Waals surface area contributed by atoms with E-state index in [4.69, 9.17) is 0 Å². The fraction of sp³-hybridized carbons (Fsp3) is 0.0938. The molecule has 5 rings (SSSR count). The molecule has 42 heavy (non-hydrogen) atoms. The van der Waals surface area contributed by atoms with Crippen molar-refractivity contribution in [2.24, 2.45) is 20.5 Å². The van der Waals surface area contributed by atoms with Gasteiger partial charge in [0.15, 0.2) is 5.75 Å². The average molecular weight is 608 g/mol. The molecule has 0 aromatic heterocycles. The summed E-state index contributed by atoms with van der Waals surface area (Å²) in [7, 11) is 0. The van der Waals surface area contributed by atoms with E-state index in [2.05, 4.69) is 31.1 Å². The first-order chi connectivity index (χ1) is 19.8. The molecule has 0 spiro atoms. The molecule has 0 unspecified atom stereocenters. The summed E-state index contributed by atoms with van der Waals surface area (Å²) in [4.78, 5) is 11.9. The number of amides is 1. The summed E-state index contributed by atoms with van der Waals surface area (Å²) >= 11 is 0. The van der Waals surface area contributed by atoms with Crippen LogP contribution < -0.4 is 10.6 Å².